The van der Waals surface area contributed by atoms with Gasteiger partial charge in [0.05, 0.1) is 4.91 Å². The van der Waals surface area contributed by atoms with Crippen molar-refractivity contribution >= 4 is 40.6 Å². The summed E-state index contributed by atoms with van der Waals surface area (Å²) in [5.41, 5.74) is 4.75. The Hall–Kier alpha value is -2.86. The van der Waals surface area contributed by atoms with E-state index in [1.165, 1.54) is 5.56 Å². The third-order valence-corrected chi connectivity index (χ3v) is 5.65. The summed E-state index contributed by atoms with van der Waals surface area (Å²) in [7, 11) is 0. The maximum atomic E-state index is 12.6. The van der Waals surface area contributed by atoms with Gasteiger partial charge in [-0.25, -0.2) is 0 Å². The lowest BCUT2D eigenvalue weighted by atomic mass is 10.1. The van der Waals surface area contributed by atoms with E-state index in [0.717, 1.165) is 39.8 Å². The molecule has 3 rings (SSSR count). The molecule has 0 spiro atoms. The second-order valence-electron chi connectivity index (χ2n) is 6.66. The first kappa shape index (κ1) is 19.9. The highest BCUT2D eigenvalue weighted by atomic mass is 32.2. The zero-order chi connectivity index (χ0) is 20.3. The van der Waals surface area contributed by atoms with E-state index >= 15 is 0 Å². The number of anilines is 1. The van der Waals surface area contributed by atoms with Gasteiger partial charge in [-0.2, -0.15) is 0 Å². The van der Waals surface area contributed by atoms with Crippen molar-refractivity contribution < 1.29 is 14.4 Å². The van der Waals surface area contributed by atoms with Crippen molar-refractivity contribution in [1.82, 2.24) is 4.90 Å². The van der Waals surface area contributed by atoms with E-state index < -0.39 is 17.1 Å². The summed E-state index contributed by atoms with van der Waals surface area (Å²) in [6.07, 6.45) is 2.62. The monoisotopic (exact) mass is 394 g/mol. The van der Waals surface area contributed by atoms with Crippen molar-refractivity contribution in [1.29, 1.82) is 0 Å². The lowest BCUT2D eigenvalue weighted by Gasteiger charge is -2.14. The number of benzene rings is 2. The number of nitrogens with zero attached hydrogens (tertiary/aromatic N) is 1. The van der Waals surface area contributed by atoms with Crippen LogP contribution in [-0.4, -0.2) is 28.5 Å². The van der Waals surface area contributed by atoms with Gasteiger partial charge < -0.3 is 5.32 Å². The van der Waals surface area contributed by atoms with Crippen molar-refractivity contribution in [3.63, 3.8) is 0 Å². The van der Waals surface area contributed by atoms with Crippen LogP contribution in [0.15, 0.2) is 47.4 Å². The molecule has 3 amide bonds. The molecule has 0 aromatic heterocycles. The summed E-state index contributed by atoms with van der Waals surface area (Å²) in [5.74, 6) is -0.838. The molecule has 1 aliphatic heterocycles. The van der Waals surface area contributed by atoms with Gasteiger partial charge in [0.25, 0.3) is 11.1 Å². The number of carbonyl (C=O) groups is 3. The SMILES string of the molecule is CCc1ccc(/C=C2\SC(=O)N(CC(=O)Nc3cccc(C)c3C)C2=O)cc1. The Morgan fingerprint density at radius 2 is 1.82 bits per heavy atom. The number of thioether (sulfide) groups is 1. The number of nitrogens with one attached hydrogen (secondary N) is 1. The molecule has 1 aliphatic rings. The lowest BCUT2D eigenvalue weighted by Crippen LogP contribution is -2.36. The van der Waals surface area contributed by atoms with Crippen LogP contribution in [0.1, 0.15) is 29.2 Å². The number of hydrogen-bond acceptors (Lipinski definition) is 4. The third kappa shape index (κ3) is 4.34. The van der Waals surface area contributed by atoms with Gasteiger partial charge in [-0.1, -0.05) is 43.3 Å². The number of carbonyl (C=O) groups excluding carboxylic acids is 3. The molecule has 0 radical (unpaired) electrons. The molecule has 5 nitrogen and oxygen atoms in total. The maximum absolute atomic E-state index is 12.6. The first-order chi connectivity index (χ1) is 13.4. The molecule has 6 heteroatoms. The second kappa shape index (κ2) is 8.44. The van der Waals surface area contributed by atoms with Crippen molar-refractivity contribution in [2.75, 3.05) is 11.9 Å². The van der Waals surface area contributed by atoms with Crippen LogP contribution in [0.25, 0.3) is 6.08 Å². The first-order valence-electron chi connectivity index (χ1n) is 9.09. The molecule has 0 unspecified atom stereocenters. The molecule has 0 saturated carbocycles. The molecule has 144 valence electrons. The van der Waals surface area contributed by atoms with Crippen LogP contribution in [0.2, 0.25) is 0 Å². The number of hydrogen-bond donors (Lipinski definition) is 1. The number of aryl methyl sites for hydroxylation is 2. The summed E-state index contributed by atoms with van der Waals surface area (Å²) in [4.78, 5) is 38.5. The quantitative estimate of drug-likeness (QED) is 0.756. The summed E-state index contributed by atoms with van der Waals surface area (Å²) in [6.45, 7) is 5.64. The molecule has 2 aromatic carbocycles. The van der Waals surface area contributed by atoms with Gasteiger partial charge in [0, 0.05) is 5.69 Å². The molecule has 28 heavy (non-hydrogen) atoms. The van der Waals surface area contributed by atoms with Crippen LogP contribution < -0.4 is 5.32 Å². The molecule has 1 N–H and O–H groups in total. The largest absolute Gasteiger partial charge is 0.324 e. The standard InChI is InChI=1S/C22H22N2O3S/c1-4-16-8-10-17(11-9-16)12-19-21(26)24(22(27)28-19)13-20(25)23-18-7-5-6-14(2)15(18)3/h5-12H,4,13H2,1-3H3,(H,23,25)/b19-12-. The van der Waals surface area contributed by atoms with Gasteiger partial charge in [0.1, 0.15) is 6.54 Å². The van der Waals surface area contributed by atoms with Gasteiger partial charge in [-0.15, -0.1) is 0 Å². The van der Waals surface area contributed by atoms with Gasteiger partial charge in [-0.3, -0.25) is 19.3 Å². The molecule has 0 aliphatic carbocycles. The van der Waals surface area contributed by atoms with Crippen LogP contribution in [0, 0.1) is 13.8 Å². The summed E-state index contributed by atoms with van der Waals surface area (Å²) < 4.78 is 0. The van der Waals surface area contributed by atoms with Crippen LogP contribution in [0.5, 0.6) is 0 Å². The van der Waals surface area contributed by atoms with E-state index in [2.05, 4.69) is 12.2 Å². The topological polar surface area (TPSA) is 66.5 Å². The van der Waals surface area contributed by atoms with E-state index in [4.69, 9.17) is 0 Å². The van der Waals surface area contributed by atoms with E-state index in [1.807, 2.05) is 50.2 Å². The summed E-state index contributed by atoms with van der Waals surface area (Å²) >= 11 is 0.859. The van der Waals surface area contributed by atoms with Gasteiger partial charge in [0.15, 0.2) is 0 Å². The predicted molar refractivity (Wildman–Crippen MR) is 113 cm³/mol. The predicted octanol–water partition coefficient (Wildman–Crippen LogP) is 4.54. The fourth-order valence-corrected chi connectivity index (χ4v) is 3.70. The Morgan fingerprint density at radius 1 is 1.11 bits per heavy atom. The Morgan fingerprint density at radius 3 is 2.50 bits per heavy atom. The van der Waals surface area contributed by atoms with E-state index in [1.54, 1.807) is 12.1 Å². The number of amides is 3. The lowest BCUT2D eigenvalue weighted by molar-refractivity contribution is -0.127. The van der Waals surface area contributed by atoms with Crippen LogP contribution in [0.3, 0.4) is 0 Å². The smallest absolute Gasteiger partial charge is 0.294 e. The molecule has 0 atom stereocenters. The molecule has 1 fully saturated rings. The van der Waals surface area contributed by atoms with Gasteiger partial charge in [-0.05, 0) is 66.4 Å². The summed E-state index contributed by atoms with van der Waals surface area (Å²) in [6, 6.07) is 13.4. The Kier molecular flexibility index (Phi) is 5.99. The molecular weight excluding hydrogens is 372 g/mol. The van der Waals surface area contributed by atoms with E-state index in [9.17, 15) is 14.4 Å². The van der Waals surface area contributed by atoms with E-state index in [0.29, 0.717) is 10.6 Å². The number of imide groups is 1. The highest BCUT2D eigenvalue weighted by Gasteiger charge is 2.36. The first-order valence-corrected chi connectivity index (χ1v) is 9.91. The molecular formula is C22H22N2O3S. The minimum atomic E-state index is -0.439. The Labute approximate surface area is 168 Å². The zero-order valence-electron chi connectivity index (χ0n) is 16.1. The average Bonchev–Trinajstić information content (AvgIpc) is 2.93. The average molecular weight is 394 g/mol. The third-order valence-electron chi connectivity index (χ3n) is 4.74. The Balaban J connectivity index is 1.70. The normalized spacial score (nSPS) is 15.4. The van der Waals surface area contributed by atoms with Crippen LogP contribution in [-0.2, 0) is 16.0 Å². The van der Waals surface area contributed by atoms with Crippen molar-refractivity contribution in [3.05, 3.63) is 69.6 Å². The van der Waals surface area contributed by atoms with Gasteiger partial charge >= 0.3 is 0 Å². The minimum Gasteiger partial charge on any atom is -0.324 e. The van der Waals surface area contributed by atoms with Gasteiger partial charge in [0.2, 0.25) is 5.91 Å². The fraction of sp³-hybridized carbons (Fsp3) is 0.227. The molecule has 2 aromatic rings. The Bertz CT molecular complexity index is 964. The second-order valence-corrected chi connectivity index (χ2v) is 7.65. The van der Waals surface area contributed by atoms with E-state index in [-0.39, 0.29) is 6.54 Å². The summed E-state index contributed by atoms with van der Waals surface area (Å²) in [5, 5.41) is 2.35. The van der Waals surface area contributed by atoms with Crippen molar-refractivity contribution in [3.8, 4) is 0 Å². The fourth-order valence-electron chi connectivity index (χ4n) is 2.86. The molecule has 1 saturated heterocycles. The molecule has 1 heterocycles. The number of rotatable bonds is 5. The van der Waals surface area contributed by atoms with Crippen molar-refractivity contribution in [2.45, 2.75) is 27.2 Å². The maximum Gasteiger partial charge on any atom is 0.294 e. The van der Waals surface area contributed by atoms with Crippen LogP contribution in [0.4, 0.5) is 10.5 Å². The van der Waals surface area contributed by atoms with Crippen molar-refractivity contribution in [2.24, 2.45) is 0 Å². The highest BCUT2D eigenvalue weighted by Crippen LogP contribution is 2.32. The van der Waals surface area contributed by atoms with Crippen LogP contribution >= 0.6 is 11.8 Å². The molecule has 0 bridgehead atoms. The highest BCUT2D eigenvalue weighted by molar-refractivity contribution is 8.18. The minimum absolute atomic E-state index is 0.301. The zero-order valence-corrected chi connectivity index (χ0v) is 16.9.